The van der Waals surface area contributed by atoms with Crippen molar-refractivity contribution in [2.45, 2.75) is 0 Å². The molecule has 0 radical (unpaired) electrons. The molecule has 2 rings (SSSR count). The van der Waals surface area contributed by atoms with Gasteiger partial charge >= 0.3 is 0 Å². The number of nitrogens with one attached hydrogen (secondary N) is 1. The molecule has 0 unspecified atom stereocenters. The van der Waals surface area contributed by atoms with Crippen molar-refractivity contribution in [2.24, 2.45) is 0 Å². The molecule has 72 valence electrons. The van der Waals surface area contributed by atoms with E-state index in [0.717, 1.165) is 5.56 Å². The summed E-state index contributed by atoms with van der Waals surface area (Å²) in [5.74, 6) is 0.163. The summed E-state index contributed by atoms with van der Waals surface area (Å²) in [5.41, 5.74) is 1.45. The fourth-order valence-corrected chi connectivity index (χ4v) is 1.99. The molecule has 0 saturated heterocycles. The largest absolute Gasteiger partial charge is 0.506 e. The fraction of sp³-hybridized carbons (Fsp3) is 0. The first-order chi connectivity index (χ1) is 6.68. The van der Waals surface area contributed by atoms with E-state index in [-0.39, 0.29) is 5.75 Å². The summed E-state index contributed by atoms with van der Waals surface area (Å²) < 4.78 is 0.571. The lowest BCUT2D eigenvalue weighted by Crippen LogP contribution is -1.78. The van der Waals surface area contributed by atoms with Crippen LogP contribution in [0.15, 0.2) is 29.0 Å². The number of halogens is 2. The molecule has 0 amide bonds. The second kappa shape index (κ2) is 3.63. The second-order valence-electron chi connectivity index (χ2n) is 2.77. The average molecular weight is 274 g/mol. The lowest BCUT2D eigenvalue weighted by Gasteiger charge is -2.04. The Labute approximate surface area is 93.9 Å². The van der Waals surface area contributed by atoms with Crippen LogP contribution in [0.4, 0.5) is 0 Å². The molecule has 14 heavy (non-hydrogen) atoms. The molecule has 1 aromatic heterocycles. The Hall–Kier alpha value is -1.00. The third kappa shape index (κ3) is 1.63. The maximum Gasteiger partial charge on any atom is 0.137 e. The monoisotopic (exact) mass is 272 g/mol. The molecule has 0 aliphatic carbocycles. The quantitative estimate of drug-likeness (QED) is 0.838. The molecule has 1 aromatic carbocycles. The number of aromatic hydroxyl groups is 1. The van der Waals surface area contributed by atoms with E-state index in [1.54, 1.807) is 24.5 Å². The highest BCUT2D eigenvalue weighted by Crippen LogP contribution is 2.37. The minimum absolute atomic E-state index is 0.163. The number of hydrogen-bond acceptors (Lipinski definition) is 2. The van der Waals surface area contributed by atoms with Crippen molar-refractivity contribution >= 4 is 27.5 Å². The van der Waals surface area contributed by atoms with Crippen molar-refractivity contribution in [3.05, 3.63) is 34.0 Å². The molecule has 1 heterocycles. The Morgan fingerprint density at radius 2 is 2.21 bits per heavy atom. The third-order valence-electron chi connectivity index (χ3n) is 1.84. The molecule has 2 aromatic rings. The number of phenols is 1. The molecule has 0 saturated carbocycles. The predicted octanol–water partition coefficient (Wildman–Crippen LogP) is 3.20. The topological polar surface area (TPSA) is 48.9 Å². The number of phenolic OH excluding ortho intramolecular Hbond substituents is 1. The molecule has 0 aliphatic heterocycles. The highest BCUT2D eigenvalue weighted by atomic mass is 79.9. The number of benzene rings is 1. The molecule has 0 atom stereocenters. The number of rotatable bonds is 1. The molecule has 0 aliphatic rings. The Morgan fingerprint density at radius 1 is 1.43 bits per heavy atom. The van der Waals surface area contributed by atoms with Crippen molar-refractivity contribution in [2.75, 3.05) is 0 Å². The van der Waals surface area contributed by atoms with Gasteiger partial charge in [-0.05, 0) is 28.1 Å². The van der Waals surface area contributed by atoms with Crippen LogP contribution in [0.25, 0.3) is 11.1 Å². The Bertz CT molecular complexity index is 456. The first-order valence-electron chi connectivity index (χ1n) is 3.85. The van der Waals surface area contributed by atoms with Gasteiger partial charge in [0.1, 0.15) is 5.75 Å². The van der Waals surface area contributed by atoms with E-state index < -0.39 is 0 Å². The van der Waals surface area contributed by atoms with E-state index in [1.807, 2.05) is 0 Å². The minimum atomic E-state index is 0.163. The van der Waals surface area contributed by atoms with Crippen molar-refractivity contribution in [3.8, 4) is 16.9 Å². The molecule has 0 spiro atoms. The summed E-state index contributed by atoms with van der Waals surface area (Å²) in [6.07, 6.45) is 3.32. The van der Waals surface area contributed by atoms with E-state index in [9.17, 15) is 5.11 Å². The number of hydrogen-bond donors (Lipinski definition) is 2. The zero-order valence-corrected chi connectivity index (χ0v) is 9.30. The zero-order valence-electron chi connectivity index (χ0n) is 6.96. The van der Waals surface area contributed by atoms with Crippen LogP contribution in [0, 0.1) is 0 Å². The van der Waals surface area contributed by atoms with Gasteiger partial charge in [-0.15, -0.1) is 0 Å². The van der Waals surface area contributed by atoms with Gasteiger partial charge in [-0.25, -0.2) is 0 Å². The molecule has 3 nitrogen and oxygen atoms in total. The van der Waals surface area contributed by atoms with E-state index in [1.165, 1.54) is 0 Å². The van der Waals surface area contributed by atoms with Crippen LogP contribution in [-0.4, -0.2) is 15.3 Å². The molecule has 0 fully saturated rings. The van der Waals surface area contributed by atoms with Crippen LogP contribution in [0.1, 0.15) is 0 Å². The van der Waals surface area contributed by atoms with E-state index >= 15 is 0 Å². The molecule has 5 heteroatoms. The van der Waals surface area contributed by atoms with Gasteiger partial charge in [-0.2, -0.15) is 5.10 Å². The third-order valence-corrected chi connectivity index (χ3v) is 2.66. The van der Waals surface area contributed by atoms with Gasteiger partial charge in [-0.1, -0.05) is 11.6 Å². The summed E-state index contributed by atoms with van der Waals surface area (Å²) in [6, 6.07) is 3.33. The zero-order chi connectivity index (χ0) is 10.1. The number of aromatic amines is 1. The summed E-state index contributed by atoms with van der Waals surface area (Å²) >= 11 is 9.08. The Balaban J connectivity index is 2.64. The van der Waals surface area contributed by atoms with Crippen molar-refractivity contribution in [3.63, 3.8) is 0 Å². The molecular formula is C9H6BrClN2O. The minimum Gasteiger partial charge on any atom is -0.506 e. The lowest BCUT2D eigenvalue weighted by molar-refractivity contribution is 0.474. The highest BCUT2D eigenvalue weighted by Gasteiger charge is 2.09. The van der Waals surface area contributed by atoms with Gasteiger partial charge in [-0.3, -0.25) is 5.10 Å². The SMILES string of the molecule is Oc1c(Br)cc(Cl)cc1-c1cn[nH]c1. The highest BCUT2D eigenvalue weighted by molar-refractivity contribution is 9.10. The molecular weight excluding hydrogens is 267 g/mol. The lowest BCUT2D eigenvalue weighted by atomic mass is 10.1. The van der Waals surface area contributed by atoms with Crippen LogP contribution < -0.4 is 0 Å². The van der Waals surface area contributed by atoms with Crippen molar-refractivity contribution in [1.82, 2.24) is 10.2 Å². The van der Waals surface area contributed by atoms with Gasteiger partial charge in [0.25, 0.3) is 0 Å². The van der Waals surface area contributed by atoms with Crippen LogP contribution >= 0.6 is 27.5 Å². The van der Waals surface area contributed by atoms with Gasteiger partial charge in [0.15, 0.2) is 0 Å². The first-order valence-corrected chi connectivity index (χ1v) is 5.03. The van der Waals surface area contributed by atoms with Gasteiger partial charge < -0.3 is 5.11 Å². The average Bonchev–Trinajstić information content (AvgIpc) is 2.63. The van der Waals surface area contributed by atoms with Gasteiger partial charge in [0.2, 0.25) is 0 Å². The normalized spacial score (nSPS) is 10.4. The summed E-state index contributed by atoms with van der Waals surface area (Å²) in [5, 5.41) is 16.8. The van der Waals surface area contributed by atoms with Crippen LogP contribution in [0.2, 0.25) is 5.02 Å². The van der Waals surface area contributed by atoms with Crippen molar-refractivity contribution in [1.29, 1.82) is 0 Å². The van der Waals surface area contributed by atoms with Gasteiger partial charge in [0, 0.05) is 22.3 Å². The van der Waals surface area contributed by atoms with E-state index in [2.05, 4.69) is 26.1 Å². The first kappa shape index (κ1) is 9.55. The van der Waals surface area contributed by atoms with Crippen LogP contribution in [0.3, 0.4) is 0 Å². The standard InChI is InChI=1S/C9H6BrClN2O/c10-8-2-6(11)1-7(9(8)14)5-3-12-13-4-5/h1-4,14H,(H,12,13). The van der Waals surface area contributed by atoms with Gasteiger partial charge in [0.05, 0.1) is 10.7 Å². The summed E-state index contributed by atoms with van der Waals surface area (Å²) in [4.78, 5) is 0. The predicted molar refractivity (Wildman–Crippen MR) is 58.4 cm³/mol. The number of nitrogens with zero attached hydrogens (tertiary/aromatic N) is 1. The Morgan fingerprint density at radius 3 is 2.86 bits per heavy atom. The van der Waals surface area contributed by atoms with Crippen LogP contribution in [0.5, 0.6) is 5.75 Å². The van der Waals surface area contributed by atoms with E-state index in [4.69, 9.17) is 11.6 Å². The fourth-order valence-electron chi connectivity index (χ4n) is 1.18. The molecule has 0 bridgehead atoms. The summed E-state index contributed by atoms with van der Waals surface area (Å²) in [6.45, 7) is 0. The molecule has 2 N–H and O–H groups in total. The number of H-pyrrole nitrogens is 1. The van der Waals surface area contributed by atoms with Crippen LogP contribution in [-0.2, 0) is 0 Å². The maximum absolute atomic E-state index is 9.75. The Kier molecular flexibility index (Phi) is 2.48. The number of aromatic nitrogens is 2. The van der Waals surface area contributed by atoms with E-state index in [0.29, 0.717) is 15.1 Å². The smallest absolute Gasteiger partial charge is 0.137 e. The maximum atomic E-state index is 9.75. The second-order valence-corrected chi connectivity index (χ2v) is 4.06. The summed E-state index contributed by atoms with van der Waals surface area (Å²) in [7, 11) is 0. The van der Waals surface area contributed by atoms with Crippen molar-refractivity contribution < 1.29 is 5.11 Å².